The number of nitrogens with zero attached hydrogens (tertiary/aromatic N) is 1. The topological polar surface area (TPSA) is 41.6 Å². The summed E-state index contributed by atoms with van der Waals surface area (Å²) in [5.41, 5.74) is 2.54. The van der Waals surface area contributed by atoms with Gasteiger partial charge in [0.2, 0.25) is 6.41 Å². The van der Waals surface area contributed by atoms with E-state index >= 15 is 0 Å². The van der Waals surface area contributed by atoms with Crippen LogP contribution in [0.2, 0.25) is 0 Å². The summed E-state index contributed by atoms with van der Waals surface area (Å²) in [7, 11) is 0. The predicted octanol–water partition coefficient (Wildman–Crippen LogP) is 1.11. The van der Waals surface area contributed by atoms with Crippen LogP contribution in [0, 0.1) is 0 Å². The van der Waals surface area contributed by atoms with Crippen molar-refractivity contribution < 1.29 is 9.53 Å². The van der Waals surface area contributed by atoms with E-state index in [1.54, 1.807) is 5.01 Å². The molecule has 0 aliphatic carbocycles. The number of rotatable bonds is 3. The van der Waals surface area contributed by atoms with Crippen molar-refractivity contribution in [2.45, 2.75) is 16.3 Å². The predicted molar refractivity (Wildman–Crippen MR) is 55.4 cm³/mol. The van der Waals surface area contributed by atoms with Crippen molar-refractivity contribution in [1.29, 1.82) is 0 Å². The number of morpholine rings is 1. The number of hydrazine groups is 1. The molecule has 14 heavy (non-hydrogen) atoms. The van der Waals surface area contributed by atoms with Crippen LogP contribution in [0.4, 0.5) is 0 Å². The first-order chi connectivity index (χ1) is 6.51. The number of halogens is 3. The molecule has 1 unspecified atom stereocenters. The Morgan fingerprint density at radius 1 is 1.57 bits per heavy atom. The molecule has 1 aliphatic heterocycles. The van der Waals surface area contributed by atoms with Crippen molar-refractivity contribution >= 4 is 41.2 Å². The van der Waals surface area contributed by atoms with Gasteiger partial charge in [-0.25, -0.2) is 5.01 Å². The molecule has 0 saturated carbocycles. The molecule has 1 amide bonds. The zero-order valence-electron chi connectivity index (χ0n) is 7.38. The van der Waals surface area contributed by atoms with Gasteiger partial charge in [-0.1, -0.05) is 34.8 Å². The van der Waals surface area contributed by atoms with Crippen LogP contribution in [0.5, 0.6) is 0 Å². The van der Waals surface area contributed by atoms with Crippen molar-refractivity contribution in [2.24, 2.45) is 0 Å². The fourth-order valence-electron chi connectivity index (χ4n) is 1.29. The Morgan fingerprint density at radius 3 is 2.86 bits per heavy atom. The minimum absolute atomic E-state index is 0.163. The number of carbonyl (C=O) groups excluding carboxylic acids is 1. The van der Waals surface area contributed by atoms with Gasteiger partial charge in [0.25, 0.3) is 0 Å². The molecule has 7 heteroatoms. The lowest BCUT2D eigenvalue weighted by Crippen LogP contribution is -2.49. The highest BCUT2D eigenvalue weighted by Crippen LogP contribution is 2.32. The van der Waals surface area contributed by atoms with Crippen LogP contribution < -0.4 is 5.43 Å². The molecule has 0 aromatic carbocycles. The van der Waals surface area contributed by atoms with Gasteiger partial charge in [0.05, 0.1) is 12.7 Å². The third-order valence-electron chi connectivity index (χ3n) is 1.83. The molecule has 1 fully saturated rings. The average Bonchev–Trinajstić information content (AvgIpc) is 2.02. The van der Waals surface area contributed by atoms with Gasteiger partial charge in [0.15, 0.2) is 3.79 Å². The van der Waals surface area contributed by atoms with E-state index in [0.29, 0.717) is 32.5 Å². The Kier molecular flexibility index (Phi) is 4.73. The van der Waals surface area contributed by atoms with Crippen molar-refractivity contribution in [1.82, 2.24) is 10.4 Å². The molecule has 0 aromatic heterocycles. The molecule has 4 nitrogen and oxygen atoms in total. The first-order valence-electron chi connectivity index (χ1n) is 4.14. The van der Waals surface area contributed by atoms with Gasteiger partial charge in [-0.2, -0.15) is 0 Å². The molecule has 1 N–H and O–H groups in total. The Morgan fingerprint density at radius 2 is 2.29 bits per heavy atom. The highest BCUT2D eigenvalue weighted by Gasteiger charge is 2.29. The second-order valence-electron chi connectivity index (χ2n) is 3.01. The van der Waals surface area contributed by atoms with Crippen LogP contribution in [0.3, 0.4) is 0 Å². The minimum Gasteiger partial charge on any atom is -0.375 e. The van der Waals surface area contributed by atoms with Crippen LogP contribution in [-0.2, 0) is 9.53 Å². The number of hydrogen-bond acceptors (Lipinski definition) is 3. The lowest BCUT2D eigenvalue weighted by atomic mass is 10.2. The van der Waals surface area contributed by atoms with Crippen LogP contribution in [0.1, 0.15) is 6.42 Å². The summed E-state index contributed by atoms with van der Waals surface area (Å²) in [6.45, 7) is 1.70. The molecular weight excluding hydrogens is 250 g/mol. The molecule has 0 bridgehead atoms. The summed E-state index contributed by atoms with van der Waals surface area (Å²) in [4.78, 5) is 10.2. The largest absolute Gasteiger partial charge is 0.375 e. The summed E-state index contributed by atoms with van der Waals surface area (Å²) >= 11 is 16.9. The second-order valence-corrected chi connectivity index (χ2v) is 5.52. The molecule has 0 aromatic rings. The van der Waals surface area contributed by atoms with Gasteiger partial charge in [-0.3, -0.25) is 10.2 Å². The third-order valence-corrected chi connectivity index (χ3v) is 2.30. The molecule has 82 valence electrons. The molecule has 1 saturated heterocycles. The summed E-state index contributed by atoms with van der Waals surface area (Å²) in [6, 6.07) is 0. The first-order valence-corrected chi connectivity index (χ1v) is 5.28. The maximum atomic E-state index is 10.2. The van der Waals surface area contributed by atoms with E-state index in [1.165, 1.54) is 0 Å². The second kappa shape index (κ2) is 5.37. The maximum Gasteiger partial charge on any atom is 0.221 e. The Bertz CT molecular complexity index is 198. The van der Waals surface area contributed by atoms with Crippen LogP contribution >= 0.6 is 34.8 Å². The molecule has 1 rings (SSSR count). The summed E-state index contributed by atoms with van der Waals surface area (Å²) in [5.74, 6) is 0. The number of nitrogens with one attached hydrogen (secondary N) is 1. The van der Waals surface area contributed by atoms with Crippen LogP contribution in [0.15, 0.2) is 0 Å². The van der Waals surface area contributed by atoms with Crippen molar-refractivity contribution in [3.8, 4) is 0 Å². The number of ether oxygens (including phenoxy) is 1. The van der Waals surface area contributed by atoms with E-state index in [-0.39, 0.29) is 6.10 Å². The SMILES string of the molecule is O=CNN1CCOC(CC(Cl)(Cl)Cl)C1. The van der Waals surface area contributed by atoms with Crippen molar-refractivity contribution in [3.05, 3.63) is 0 Å². The summed E-state index contributed by atoms with van der Waals surface area (Å²) in [5, 5.41) is 1.73. The van der Waals surface area contributed by atoms with Crippen LogP contribution in [-0.4, -0.2) is 41.0 Å². The average molecular weight is 262 g/mol. The molecule has 0 spiro atoms. The lowest BCUT2D eigenvalue weighted by molar-refractivity contribution is -0.118. The fourth-order valence-corrected chi connectivity index (χ4v) is 1.81. The number of hydrogen-bond donors (Lipinski definition) is 1. The van der Waals surface area contributed by atoms with E-state index in [0.717, 1.165) is 0 Å². The maximum absolute atomic E-state index is 10.2. The Hall–Kier alpha value is 0.260. The van der Waals surface area contributed by atoms with Gasteiger partial charge < -0.3 is 4.74 Å². The molecule has 0 radical (unpaired) electrons. The Balaban J connectivity index is 2.36. The van der Waals surface area contributed by atoms with Gasteiger partial charge in [-0.15, -0.1) is 0 Å². The lowest BCUT2D eigenvalue weighted by Gasteiger charge is -2.33. The monoisotopic (exact) mass is 260 g/mol. The van der Waals surface area contributed by atoms with Crippen LogP contribution in [0.25, 0.3) is 0 Å². The van der Waals surface area contributed by atoms with Gasteiger partial charge in [-0.05, 0) is 0 Å². The molecule has 1 atom stereocenters. The first kappa shape index (κ1) is 12.3. The molecule has 1 aliphatic rings. The highest BCUT2D eigenvalue weighted by molar-refractivity contribution is 6.67. The van der Waals surface area contributed by atoms with E-state index in [2.05, 4.69) is 5.43 Å². The van der Waals surface area contributed by atoms with Gasteiger partial charge in [0, 0.05) is 19.5 Å². The normalized spacial score (nSPS) is 24.6. The van der Waals surface area contributed by atoms with Crippen molar-refractivity contribution in [2.75, 3.05) is 19.7 Å². The molecule has 1 heterocycles. The number of carbonyl (C=O) groups is 1. The minimum atomic E-state index is -1.31. The van der Waals surface area contributed by atoms with E-state index < -0.39 is 3.79 Å². The smallest absolute Gasteiger partial charge is 0.221 e. The quantitative estimate of drug-likeness (QED) is 0.611. The van der Waals surface area contributed by atoms with Crippen molar-refractivity contribution in [3.63, 3.8) is 0 Å². The highest BCUT2D eigenvalue weighted by atomic mass is 35.6. The zero-order valence-corrected chi connectivity index (χ0v) is 9.65. The van der Waals surface area contributed by atoms with E-state index in [9.17, 15) is 4.79 Å². The third kappa shape index (κ3) is 4.66. The fraction of sp³-hybridized carbons (Fsp3) is 0.857. The number of amides is 1. The summed E-state index contributed by atoms with van der Waals surface area (Å²) in [6.07, 6.45) is 0.774. The molecular formula is C7H11Cl3N2O2. The van der Waals surface area contributed by atoms with E-state index in [1.807, 2.05) is 0 Å². The standard InChI is InChI=1S/C7H11Cl3N2O2/c8-7(9,10)3-6-4-12(11-5-13)1-2-14-6/h5-6H,1-4H2,(H,11,13). The zero-order chi connectivity index (χ0) is 10.6. The van der Waals surface area contributed by atoms with Gasteiger partial charge >= 0.3 is 0 Å². The Labute approximate surface area is 97.4 Å². The van der Waals surface area contributed by atoms with E-state index in [4.69, 9.17) is 39.5 Å². The summed E-state index contributed by atoms with van der Waals surface area (Å²) < 4.78 is 4.07. The number of alkyl halides is 3. The van der Waals surface area contributed by atoms with Gasteiger partial charge in [0.1, 0.15) is 0 Å².